The van der Waals surface area contributed by atoms with Crippen molar-refractivity contribution in [2.24, 2.45) is 4.99 Å². The van der Waals surface area contributed by atoms with Gasteiger partial charge in [-0.1, -0.05) is 35.9 Å². The number of hydrazine groups is 1. The number of nitrogens with one attached hydrogen (secondary N) is 2. The molecule has 0 fully saturated rings. The summed E-state index contributed by atoms with van der Waals surface area (Å²) in [6.45, 7) is 0. The van der Waals surface area contributed by atoms with Crippen LogP contribution in [0.2, 0.25) is 5.02 Å². The van der Waals surface area contributed by atoms with Crippen LogP contribution in [0, 0.1) is 11.3 Å². The summed E-state index contributed by atoms with van der Waals surface area (Å²) in [6, 6.07) is 23.3. The van der Waals surface area contributed by atoms with Crippen LogP contribution in [0.3, 0.4) is 0 Å². The molecule has 0 aliphatic carbocycles. The number of carbonyl (C=O) groups excluding carboxylic acids is 1. The lowest BCUT2D eigenvalue weighted by atomic mass is 10.1. The van der Waals surface area contributed by atoms with E-state index in [1.54, 1.807) is 73.1 Å². The molecular formula is C24H16ClN5O. The maximum atomic E-state index is 12.8. The van der Waals surface area contributed by atoms with Gasteiger partial charge in [-0.3, -0.25) is 25.6 Å². The Balaban J connectivity index is 1.52. The van der Waals surface area contributed by atoms with Gasteiger partial charge in [-0.2, -0.15) is 5.26 Å². The zero-order chi connectivity index (χ0) is 21.6. The number of benzene rings is 3. The molecule has 4 aromatic rings. The van der Waals surface area contributed by atoms with Crippen LogP contribution in [0.25, 0.3) is 10.9 Å². The van der Waals surface area contributed by atoms with Crippen LogP contribution in [0.15, 0.2) is 84.0 Å². The highest BCUT2D eigenvalue weighted by Gasteiger charge is 2.11. The van der Waals surface area contributed by atoms with Crippen molar-refractivity contribution in [1.82, 2.24) is 10.4 Å². The Morgan fingerprint density at radius 1 is 1.06 bits per heavy atom. The van der Waals surface area contributed by atoms with Gasteiger partial charge >= 0.3 is 0 Å². The quantitative estimate of drug-likeness (QED) is 0.336. The van der Waals surface area contributed by atoms with Crippen molar-refractivity contribution in [3.63, 3.8) is 0 Å². The third-order valence-electron chi connectivity index (χ3n) is 4.56. The van der Waals surface area contributed by atoms with Crippen molar-refractivity contribution in [3.05, 3.63) is 101 Å². The van der Waals surface area contributed by atoms with Gasteiger partial charge in [0.25, 0.3) is 5.91 Å². The number of anilines is 1. The average Bonchev–Trinajstić information content (AvgIpc) is 2.81. The van der Waals surface area contributed by atoms with Crippen molar-refractivity contribution in [3.8, 4) is 6.07 Å². The molecule has 1 heterocycles. The van der Waals surface area contributed by atoms with E-state index in [1.807, 2.05) is 12.1 Å². The van der Waals surface area contributed by atoms with E-state index in [2.05, 4.69) is 26.9 Å². The number of nitrogens with zero attached hydrogens (tertiary/aromatic N) is 3. The molecule has 0 saturated carbocycles. The van der Waals surface area contributed by atoms with E-state index in [0.29, 0.717) is 27.5 Å². The minimum atomic E-state index is -0.327. The Kier molecular flexibility index (Phi) is 5.88. The molecule has 3 aromatic carbocycles. The summed E-state index contributed by atoms with van der Waals surface area (Å²) in [6.07, 6.45) is 3.30. The van der Waals surface area contributed by atoms with Gasteiger partial charge in [0.05, 0.1) is 34.1 Å². The SMILES string of the molecule is N#Cc1ccc(C=Nc2ccccc2C(=O)NNc2ccnc3cc(Cl)ccc23)cc1. The predicted molar refractivity (Wildman–Crippen MR) is 123 cm³/mol. The second-order valence-corrected chi connectivity index (χ2v) is 7.04. The van der Waals surface area contributed by atoms with Crippen molar-refractivity contribution in [1.29, 1.82) is 5.26 Å². The molecule has 0 spiro atoms. The Labute approximate surface area is 183 Å². The molecule has 6 nitrogen and oxygen atoms in total. The predicted octanol–water partition coefficient (Wildman–Crippen LogP) is 5.27. The molecule has 0 bridgehead atoms. The number of para-hydroxylation sites is 1. The zero-order valence-corrected chi connectivity index (χ0v) is 17.0. The van der Waals surface area contributed by atoms with Crippen molar-refractivity contribution >= 4 is 46.0 Å². The monoisotopic (exact) mass is 425 g/mol. The molecule has 0 saturated heterocycles. The summed E-state index contributed by atoms with van der Waals surface area (Å²) in [5.41, 5.74) is 9.44. The van der Waals surface area contributed by atoms with Crippen molar-refractivity contribution < 1.29 is 4.79 Å². The van der Waals surface area contributed by atoms with E-state index in [-0.39, 0.29) is 5.91 Å². The topological polar surface area (TPSA) is 90.2 Å². The van der Waals surface area contributed by atoms with Gasteiger partial charge in [-0.15, -0.1) is 0 Å². The molecule has 0 aliphatic heterocycles. The first-order valence-corrected chi connectivity index (χ1v) is 9.76. The summed E-state index contributed by atoms with van der Waals surface area (Å²) in [5, 5.41) is 10.3. The largest absolute Gasteiger partial charge is 0.298 e. The van der Waals surface area contributed by atoms with Crippen molar-refractivity contribution in [2.75, 3.05) is 5.43 Å². The lowest BCUT2D eigenvalue weighted by molar-refractivity contribution is 0.0963. The summed E-state index contributed by atoms with van der Waals surface area (Å²) in [5.74, 6) is -0.327. The summed E-state index contributed by atoms with van der Waals surface area (Å²) in [4.78, 5) is 21.5. The molecule has 4 rings (SSSR count). The number of pyridine rings is 1. The minimum absolute atomic E-state index is 0.327. The Morgan fingerprint density at radius 3 is 2.68 bits per heavy atom. The van der Waals surface area contributed by atoms with Gasteiger partial charge in [0.1, 0.15) is 0 Å². The third kappa shape index (κ3) is 4.69. The average molecular weight is 426 g/mol. The van der Waals surface area contributed by atoms with E-state index in [1.165, 1.54) is 0 Å². The number of halogens is 1. The molecule has 31 heavy (non-hydrogen) atoms. The molecule has 1 aromatic heterocycles. The Hall–Kier alpha value is -4.21. The molecular weight excluding hydrogens is 410 g/mol. The van der Waals surface area contributed by atoms with E-state index < -0.39 is 0 Å². The van der Waals surface area contributed by atoms with Gasteiger partial charge in [0, 0.05) is 22.8 Å². The first kappa shape index (κ1) is 20.1. The molecule has 150 valence electrons. The fourth-order valence-corrected chi connectivity index (χ4v) is 3.15. The second kappa shape index (κ2) is 9.08. The fraction of sp³-hybridized carbons (Fsp3) is 0. The number of hydrogen-bond donors (Lipinski definition) is 2. The standard InChI is InChI=1S/C24H16ClN5O/c25-18-9-10-19-22(11-12-27-23(19)13-18)29-30-24(31)20-3-1-2-4-21(20)28-15-17-7-5-16(14-26)6-8-17/h1-13,15H,(H,27,29)(H,30,31). The van der Waals surface area contributed by atoms with E-state index in [0.717, 1.165) is 16.5 Å². The molecule has 7 heteroatoms. The first-order chi connectivity index (χ1) is 15.1. The molecule has 0 atom stereocenters. The molecule has 0 unspecified atom stereocenters. The Morgan fingerprint density at radius 2 is 1.87 bits per heavy atom. The number of nitriles is 1. The van der Waals surface area contributed by atoms with Gasteiger partial charge < -0.3 is 0 Å². The molecule has 0 radical (unpaired) electrons. The number of carbonyl (C=O) groups is 1. The zero-order valence-electron chi connectivity index (χ0n) is 16.2. The highest BCUT2D eigenvalue weighted by Crippen LogP contribution is 2.24. The highest BCUT2D eigenvalue weighted by molar-refractivity contribution is 6.31. The number of amides is 1. The molecule has 2 N–H and O–H groups in total. The maximum Gasteiger partial charge on any atom is 0.271 e. The summed E-state index contributed by atoms with van der Waals surface area (Å²) in [7, 11) is 0. The van der Waals surface area contributed by atoms with Crippen LogP contribution < -0.4 is 10.9 Å². The Bertz CT molecular complexity index is 1330. The van der Waals surface area contributed by atoms with Crippen LogP contribution in [-0.4, -0.2) is 17.1 Å². The fourth-order valence-electron chi connectivity index (χ4n) is 2.99. The van der Waals surface area contributed by atoms with Crippen LogP contribution >= 0.6 is 11.6 Å². The van der Waals surface area contributed by atoms with E-state index >= 15 is 0 Å². The summed E-state index contributed by atoms with van der Waals surface area (Å²) < 4.78 is 0. The first-order valence-electron chi connectivity index (χ1n) is 9.38. The number of aliphatic imine (C=N–C) groups is 1. The van der Waals surface area contributed by atoms with Crippen LogP contribution in [-0.2, 0) is 0 Å². The van der Waals surface area contributed by atoms with Crippen LogP contribution in [0.1, 0.15) is 21.5 Å². The van der Waals surface area contributed by atoms with Gasteiger partial charge in [-0.25, -0.2) is 0 Å². The number of aromatic nitrogens is 1. The molecule has 0 aliphatic rings. The summed E-state index contributed by atoms with van der Waals surface area (Å²) >= 11 is 6.03. The van der Waals surface area contributed by atoms with E-state index in [9.17, 15) is 4.79 Å². The maximum absolute atomic E-state index is 12.8. The van der Waals surface area contributed by atoms with Crippen LogP contribution in [0.4, 0.5) is 11.4 Å². The van der Waals surface area contributed by atoms with Crippen LogP contribution in [0.5, 0.6) is 0 Å². The van der Waals surface area contributed by atoms with Gasteiger partial charge in [-0.05, 0) is 54.1 Å². The normalized spacial score (nSPS) is 10.7. The number of hydrogen-bond acceptors (Lipinski definition) is 5. The smallest absolute Gasteiger partial charge is 0.271 e. The minimum Gasteiger partial charge on any atom is -0.298 e. The third-order valence-corrected chi connectivity index (χ3v) is 4.79. The number of fused-ring (bicyclic) bond motifs is 1. The second-order valence-electron chi connectivity index (χ2n) is 6.61. The van der Waals surface area contributed by atoms with Gasteiger partial charge in [0.2, 0.25) is 0 Å². The molecule has 1 amide bonds. The number of rotatable bonds is 5. The van der Waals surface area contributed by atoms with E-state index in [4.69, 9.17) is 16.9 Å². The lowest BCUT2D eigenvalue weighted by Gasteiger charge is -2.12. The van der Waals surface area contributed by atoms with Gasteiger partial charge in [0.15, 0.2) is 0 Å². The highest BCUT2D eigenvalue weighted by atomic mass is 35.5. The van der Waals surface area contributed by atoms with Crippen molar-refractivity contribution in [2.45, 2.75) is 0 Å². The lowest BCUT2D eigenvalue weighted by Crippen LogP contribution is -2.29.